The van der Waals surface area contributed by atoms with Gasteiger partial charge in [-0.05, 0) is 46.6 Å². The lowest BCUT2D eigenvalue weighted by Gasteiger charge is -2.11. The Kier molecular flexibility index (Phi) is 4.55. The van der Waals surface area contributed by atoms with Crippen LogP contribution in [0.15, 0.2) is 34.9 Å². The van der Waals surface area contributed by atoms with Crippen LogP contribution in [0.25, 0.3) is 0 Å². The number of anilines is 2. The summed E-state index contributed by atoms with van der Waals surface area (Å²) in [5.41, 5.74) is 2.42. The van der Waals surface area contributed by atoms with Gasteiger partial charge in [-0.3, -0.25) is 4.79 Å². The maximum atomic E-state index is 12.4. The van der Waals surface area contributed by atoms with Crippen LogP contribution in [0.4, 0.5) is 11.5 Å². The van der Waals surface area contributed by atoms with Crippen molar-refractivity contribution in [3.05, 3.63) is 51.6 Å². The highest BCUT2D eigenvalue weighted by Crippen LogP contribution is 2.21. The topological polar surface area (TPSA) is 77.8 Å². The monoisotopic (exact) mass is 344 g/mol. The van der Waals surface area contributed by atoms with Gasteiger partial charge in [0.1, 0.15) is 5.82 Å². The molecule has 2 aromatic rings. The van der Waals surface area contributed by atoms with E-state index < -0.39 is 0 Å². The number of nitriles is 1. The number of nitrogens with zero attached hydrogens (tertiary/aromatic N) is 2. The van der Waals surface area contributed by atoms with Crippen LogP contribution in [0.5, 0.6) is 0 Å². The number of carbonyl (C=O) groups excluding carboxylic acids is 1. The average molecular weight is 345 g/mol. The Morgan fingerprint density at radius 2 is 2.14 bits per heavy atom. The number of nitrogens with one attached hydrogen (secondary N) is 2. The SMILES string of the molecule is CNc1ncc(Br)cc1C(=O)Nc1cc(C#N)ccc1C. The molecule has 1 amide bonds. The van der Waals surface area contributed by atoms with Crippen LogP contribution in [0.2, 0.25) is 0 Å². The van der Waals surface area contributed by atoms with Crippen molar-refractivity contribution in [1.29, 1.82) is 5.26 Å². The second-order valence-electron chi connectivity index (χ2n) is 4.40. The number of pyridine rings is 1. The van der Waals surface area contributed by atoms with E-state index in [1.165, 1.54) is 0 Å². The number of carbonyl (C=O) groups is 1. The number of rotatable bonds is 3. The van der Waals surface area contributed by atoms with Gasteiger partial charge < -0.3 is 10.6 Å². The van der Waals surface area contributed by atoms with Gasteiger partial charge in [0.05, 0.1) is 17.2 Å². The van der Waals surface area contributed by atoms with Crippen molar-refractivity contribution in [2.75, 3.05) is 17.7 Å². The third kappa shape index (κ3) is 3.38. The van der Waals surface area contributed by atoms with E-state index in [1.54, 1.807) is 37.5 Å². The molecule has 0 radical (unpaired) electrons. The number of aromatic nitrogens is 1. The summed E-state index contributed by atoms with van der Waals surface area (Å²) >= 11 is 3.30. The largest absolute Gasteiger partial charge is 0.372 e. The van der Waals surface area contributed by atoms with Crippen molar-refractivity contribution >= 4 is 33.3 Å². The van der Waals surface area contributed by atoms with Crippen LogP contribution in [-0.4, -0.2) is 17.9 Å². The van der Waals surface area contributed by atoms with Crippen molar-refractivity contribution in [3.8, 4) is 6.07 Å². The molecule has 0 atom stereocenters. The first kappa shape index (κ1) is 15.0. The number of amides is 1. The van der Waals surface area contributed by atoms with Crippen LogP contribution in [0, 0.1) is 18.3 Å². The second kappa shape index (κ2) is 6.37. The molecule has 0 bridgehead atoms. The lowest BCUT2D eigenvalue weighted by atomic mass is 10.1. The van der Waals surface area contributed by atoms with Crippen LogP contribution >= 0.6 is 15.9 Å². The summed E-state index contributed by atoms with van der Waals surface area (Å²) in [4.78, 5) is 16.5. The molecule has 0 spiro atoms. The molecule has 0 fully saturated rings. The molecule has 0 saturated heterocycles. The Labute approximate surface area is 131 Å². The van der Waals surface area contributed by atoms with E-state index in [-0.39, 0.29) is 5.91 Å². The Balaban J connectivity index is 2.35. The predicted molar refractivity (Wildman–Crippen MR) is 85.3 cm³/mol. The summed E-state index contributed by atoms with van der Waals surface area (Å²) in [7, 11) is 1.70. The zero-order valence-electron chi connectivity index (χ0n) is 11.6. The van der Waals surface area contributed by atoms with Crippen LogP contribution in [0.3, 0.4) is 0 Å². The van der Waals surface area contributed by atoms with Gasteiger partial charge in [-0.2, -0.15) is 5.26 Å². The number of benzene rings is 1. The molecule has 2 N–H and O–H groups in total. The summed E-state index contributed by atoms with van der Waals surface area (Å²) < 4.78 is 0.717. The number of halogens is 1. The fourth-order valence-electron chi connectivity index (χ4n) is 1.83. The van der Waals surface area contributed by atoms with Gasteiger partial charge in [0, 0.05) is 23.4 Å². The molecular weight excluding hydrogens is 332 g/mol. The van der Waals surface area contributed by atoms with E-state index in [4.69, 9.17) is 5.26 Å². The fourth-order valence-corrected chi connectivity index (χ4v) is 2.16. The molecule has 1 aromatic heterocycles. The van der Waals surface area contributed by atoms with E-state index >= 15 is 0 Å². The minimum Gasteiger partial charge on any atom is -0.372 e. The Bertz CT molecular complexity index is 737. The molecule has 0 unspecified atom stereocenters. The predicted octanol–water partition coefficient (Wildman–Crippen LogP) is 3.32. The molecule has 0 aliphatic carbocycles. The quantitative estimate of drug-likeness (QED) is 0.895. The molecule has 106 valence electrons. The summed E-state index contributed by atoms with van der Waals surface area (Å²) in [5, 5.41) is 14.6. The van der Waals surface area contributed by atoms with Crippen LogP contribution in [0.1, 0.15) is 21.5 Å². The highest BCUT2D eigenvalue weighted by molar-refractivity contribution is 9.10. The molecule has 5 nitrogen and oxygen atoms in total. The summed E-state index contributed by atoms with van der Waals surface area (Å²) in [5.74, 6) is 0.205. The lowest BCUT2D eigenvalue weighted by Crippen LogP contribution is -2.15. The minimum atomic E-state index is -0.286. The van der Waals surface area contributed by atoms with Crippen molar-refractivity contribution in [2.45, 2.75) is 6.92 Å². The van der Waals surface area contributed by atoms with E-state index in [0.29, 0.717) is 27.1 Å². The average Bonchev–Trinajstić information content (AvgIpc) is 2.49. The molecule has 6 heteroatoms. The zero-order chi connectivity index (χ0) is 15.4. The molecular formula is C15H13BrN4O. The lowest BCUT2D eigenvalue weighted by molar-refractivity contribution is 0.102. The summed E-state index contributed by atoms with van der Waals surface area (Å²) in [6.07, 6.45) is 1.62. The summed E-state index contributed by atoms with van der Waals surface area (Å²) in [6, 6.07) is 8.91. The van der Waals surface area contributed by atoms with Gasteiger partial charge >= 0.3 is 0 Å². The van der Waals surface area contributed by atoms with Crippen molar-refractivity contribution < 1.29 is 4.79 Å². The summed E-state index contributed by atoms with van der Waals surface area (Å²) in [6.45, 7) is 1.87. The van der Waals surface area contributed by atoms with E-state index in [2.05, 4.69) is 37.6 Å². The van der Waals surface area contributed by atoms with Crippen molar-refractivity contribution in [1.82, 2.24) is 4.98 Å². The second-order valence-corrected chi connectivity index (χ2v) is 5.31. The highest BCUT2D eigenvalue weighted by atomic mass is 79.9. The third-order valence-electron chi connectivity index (χ3n) is 2.95. The van der Waals surface area contributed by atoms with Crippen molar-refractivity contribution in [3.63, 3.8) is 0 Å². The number of aryl methyl sites for hydroxylation is 1. The fraction of sp³-hybridized carbons (Fsp3) is 0.133. The smallest absolute Gasteiger partial charge is 0.259 e. The normalized spacial score (nSPS) is 9.81. The molecule has 2 rings (SSSR count). The third-order valence-corrected chi connectivity index (χ3v) is 3.38. The van der Waals surface area contributed by atoms with Crippen LogP contribution in [-0.2, 0) is 0 Å². The number of hydrogen-bond donors (Lipinski definition) is 2. The molecule has 0 aliphatic heterocycles. The van der Waals surface area contributed by atoms with Gasteiger partial charge in [-0.25, -0.2) is 4.98 Å². The Hall–Kier alpha value is -2.39. The van der Waals surface area contributed by atoms with Gasteiger partial charge in [0.2, 0.25) is 0 Å². The molecule has 1 heterocycles. The minimum absolute atomic E-state index is 0.286. The van der Waals surface area contributed by atoms with Gasteiger partial charge in [0.25, 0.3) is 5.91 Å². The molecule has 21 heavy (non-hydrogen) atoms. The maximum Gasteiger partial charge on any atom is 0.259 e. The maximum absolute atomic E-state index is 12.4. The van der Waals surface area contributed by atoms with E-state index in [9.17, 15) is 4.79 Å². The molecule has 0 aliphatic rings. The van der Waals surface area contributed by atoms with Gasteiger partial charge in [0.15, 0.2) is 0 Å². The highest BCUT2D eigenvalue weighted by Gasteiger charge is 2.14. The Morgan fingerprint density at radius 1 is 1.38 bits per heavy atom. The molecule has 0 saturated carbocycles. The zero-order valence-corrected chi connectivity index (χ0v) is 13.2. The van der Waals surface area contributed by atoms with Crippen LogP contribution < -0.4 is 10.6 Å². The first-order valence-corrected chi connectivity index (χ1v) is 7.00. The first-order chi connectivity index (χ1) is 10.0. The first-order valence-electron chi connectivity index (χ1n) is 6.20. The van der Waals surface area contributed by atoms with Gasteiger partial charge in [-0.15, -0.1) is 0 Å². The van der Waals surface area contributed by atoms with Crippen molar-refractivity contribution in [2.24, 2.45) is 0 Å². The standard InChI is InChI=1S/C15H13BrN4O/c1-9-3-4-10(7-17)5-13(9)20-15(21)12-6-11(16)8-19-14(12)18-2/h3-6,8H,1-2H3,(H,18,19)(H,20,21). The van der Waals surface area contributed by atoms with E-state index in [1.807, 2.05) is 6.92 Å². The molecule has 1 aromatic carbocycles. The number of hydrogen-bond acceptors (Lipinski definition) is 4. The Morgan fingerprint density at radius 3 is 2.81 bits per heavy atom. The van der Waals surface area contributed by atoms with Gasteiger partial charge in [-0.1, -0.05) is 6.07 Å². The van der Waals surface area contributed by atoms with E-state index in [0.717, 1.165) is 5.56 Å².